The lowest BCUT2D eigenvalue weighted by molar-refractivity contribution is 0.346. The largest absolute Gasteiger partial charge is 0.497 e. The summed E-state index contributed by atoms with van der Waals surface area (Å²) >= 11 is 0. The second-order valence-electron chi connectivity index (χ2n) is 6.40. The quantitative estimate of drug-likeness (QED) is 0.390. The Bertz CT molecular complexity index is 827. The van der Waals surface area contributed by atoms with Crippen molar-refractivity contribution in [1.82, 2.24) is 10.2 Å². The number of ether oxygens (including phenoxy) is 3. The lowest BCUT2D eigenvalue weighted by Crippen LogP contribution is -2.43. The standard InChI is InChI=1S/C21H27N3O3.HI/c1-22-21(23-13-15-6-5-7-18(10-15)25-2)24-9-8-16-11-19(26-3)20(27-4)12-17(16)14-24;/h5-7,10-12H,8-9,13-14H2,1-4H3,(H,22,23);1H. The molecule has 1 N–H and O–H groups in total. The van der Waals surface area contributed by atoms with Crippen molar-refractivity contribution < 1.29 is 14.2 Å². The maximum absolute atomic E-state index is 5.45. The number of rotatable bonds is 5. The molecule has 2 aromatic rings. The van der Waals surface area contributed by atoms with Crippen LogP contribution >= 0.6 is 24.0 Å². The van der Waals surface area contributed by atoms with Gasteiger partial charge in [0.2, 0.25) is 0 Å². The molecule has 0 aliphatic carbocycles. The van der Waals surface area contributed by atoms with Crippen LogP contribution in [0.25, 0.3) is 0 Å². The number of nitrogens with one attached hydrogen (secondary N) is 1. The van der Waals surface area contributed by atoms with Crippen LogP contribution in [-0.4, -0.2) is 45.8 Å². The number of hydrogen-bond acceptors (Lipinski definition) is 4. The summed E-state index contributed by atoms with van der Waals surface area (Å²) in [7, 11) is 6.83. The third-order valence-corrected chi connectivity index (χ3v) is 4.81. The van der Waals surface area contributed by atoms with E-state index in [2.05, 4.69) is 33.4 Å². The molecule has 0 radical (unpaired) electrons. The first-order chi connectivity index (χ1) is 13.2. The summed E-state index contributed by atoms with van der Waals surface area (Å²) < 4.78 is 16.2. The fourth-order valence-electron chi connectivity index (χ4n) is 3.36. The SMILES string of the molecule is CN=C(NCc1cccc(OC)c1)N1CCc2cc(OC)c(OC)cc2C1.I. The molecule has 1 aliphatic heterocycles. The number of nitrogens with zero attached hydrogens (tertiary/aromatic N) is 2. The van der Waals surface area contributed by atoms with Crippen LogP contribution in [-0.2, 0) is 19.5 Å². The fourth-order valence-corrected chi connectivity index (χ4v) is 3.36. The van der Waals surface area contributed by atoms with Crippen LogP contribution in [0.1, 0.15) is 16.7 Å². The number of fused-ring (bicyclic) bond motifs is 1. The molecule has 0 spiro atoms. The van der Waals surface area contributed by atoms with Crippen LogP contribution < -0.4 is 19.5 Å². The Kier molecular flexibility index (Phi) is 8.22. The Morgan fingerprint density at radius 1 is 1.04 bits per heavy atom. The highest BCUT2D eigenvalue weighted by Gasteiger charge is 2.21. The van der Waals surface area contributed by atoms with Crippen molar-refractivity contribution in [2.75, 3.05) is 34.9 Å². The summed E-state index contributed by atoms with van der Waals surface area (Å²) in [5.41, 5.74) is 3.69. The van der Waals surface area contributed by atoms with E-state index in [0.717, 1.165) is 48.3 Å². The molecule has 7 heteroatoms. The Morgan fingerprint density at radius 3 is 2.39 bits per heavy atom. The molecule has 0 atom stereocenters. The first kappa shape index (κ1) is 22.1. The van der Waals surface area contributed by atoms with Crippen molar-refractivity contribution in [3.8, 4) is 17.2 Å². The van der Waals surface area contributed by atoms with E-state index in [1.807, 2.05) is 25.2 Å². The molecule has 0 saturated carbocycles. The Morgan fingerprint density at radius 2 is 1.75 bits per heavy atom. The van der Waals surface area contributed by atoms with E-state index < -0.39 is 0 Å². The summed E-state index contributed by atoms with van der Waals surface area (Å²) in [6.07, 6.45) is 0.940. The van der Waals surface area contributed by atoms with Gasteiger partial charge in [-0.15, -0.1) is 24.0 Å². The minimum atomic E-state index is 0. The van der Waals surface area contributed by atoms with Crippen molar-refractivity contribution in [2.45, 2.75) is 19.5 Å². The Balaban J connectivity index is 0.00000280. The number of methoxy groups -OCH3 is 3. The Hall–Kier alpha value is -2.16. The Labute approximate surface area is 183 Å². The lowest BCUT2D eigenvalue weighted by Gasteiger charge is -2.32. The highest BCUT2D eigenvalue weighted by molar-refractivity contribution is 14.0. The maximum atomic E-state index is 5.45. The minimum Gasteiger partial charge on any atom is -0.497 e. The predicted molar refractivity (Wildman–Crippen MR) is 122 cm³/mol. The summed E-state index contributed by atoms with van der Waals surface area (Å²) in [6.45, 7) is 2.38. The second kappa shape index (κ2) is 10.4. The van der Waals surface area contributed by atoms with Gasteiger partial charge in [-0.3, -0.25) is 4.99 Å². The number of hydrogen-bond donors (Lipinski definition) is 1. The molecule has 1 heterocycles. The highest BCUT2D eigenvalue weighted by atomic mass is 127. The van der Waals surface area contributed by atoms with E-state index in [0.29, 0.717) is 6.54 Å². The number of halogens is 1. The van der Waals surface area contributed by atoms with Gasteiger partial charge < -0.3 is 24.4 Å². The zero-order chi connectivity index (χ0) is 19.2. The molecule has 152 valence electrons. The first-order valence-corrected chi connectivity index (χ1v) is 9.00. The van der Waals surface area contributed by atoms with Gasteiger partial charge >= 0.3 is 0 Å². The summed E-state index contributed by atoms with van der Waals surface area (Å²) in [6, 6.07) is 12.2. The van der Waals surface area contributed by atoms with E-state index in [4.69, 9.17) is 14.2 Å². The molecule has 0 amide bonds. The van der Waals surface area contributed by atoms with Crippen LogP contribution in [0.5, 0.6) is 17.2 Å². The van der Waals surface area contributed by atoms with E-state index in [1.165, 1.54) is 11.1 Å². The molecular weight excluding hydrogens is 469 g/mol. The van der Waals surface area contributed by atoms with Crippen molar-refractivity contribution in [3.63, 3.8) is 0 Å². The van der Waals surface area contributed by atoms with Crippen molar-refractivity contribution >= 4 is 29.9 Å². The van der Waals surface area contributed by atoms with Gasteiger partial charge in [-0.05, 0) is 47.4 Å². The second-order valence-corrected chi connectivity index (χ2v) is 6.40. The van der Waals surface area contributed by atoms with Crippen LogP contribution in [0, 0.1) is 0 Å². The predicted octanol–water partition coefficient (Wildman–Crippen LogP) is 3.46. The smallest absolute Gasteiger partial charge is 0.194 e. The van der Waals surface area contributed by atoms with Gasteiger partial charge in [0.25, 0.3) is 0 Å². The average Bonchev–Trinajstić information content (AvgIpc) is 2.73. The third kappa shape index (κ3) is 5.01. The van der Waals surface area contributed by atoms with Crippen LogP contribution in [0.2, 0.25) is 0 Å². The lowest BCUT2D eigenvalue weighted by atomic mass is 9.99. The molecule has 6 nitrogen and oxygen atoms in total. The van der Waals surface area contributed by atoms with Crippen molar-refractivity contribution in [1.29, 1.82) is 0 Å². The van der Waals surface area contributed by atoms with Gasteiger partial charge in [0.05, 0.1) is 21.3 Å². The molecule has 0 aromatic heterocycles. The molecular formula is C21H28IN3O3. The number of aliphatic imine (C=N–C) groups is 1. The van der Waals surface area contributed by atoms with Gasteiger partial charge in [-0.2, -0.15) is 0 Å². The maximum Gasteiger partial charge on any atom is 0.194 e. The number of benzene rings is 2. The van der Waals surface area contributed by atoms with Gasteiger partial charge in [0, 0.05) is 26.7 Å². The first-order valence-electron chi connectivity index (χ1n) is 9.00. The zero-order valence-corrected chi connectivity index (χ0v) is 19.2. The molecule has 2 aromatic carbocycles. The van der Waals surface area contributed by atoms with Gasteiger partial charge in [-0.1, -0.05) is 12.1 Å². The molecule has 0 bridgehead atoms. The van der Waals surface area contributed by atoms with Gasteiger partial charge in [0.15, 0.2) is 17.5 Å². The molecule has 0 unspecified atom stereocenters. The van der Waals surface area contributed by atoms with Gasteiger partial charge in [-0.25, -0.2) is 0 Å². The average molecular weight is 497 g/mol. The van der Waals surface area contributed by atoms with Crippen LogP contribution in [0.4, 0.5) is 0 Å². The molecule has 0 fully saturated rings. The van der Waals surface area contributed by atoms with E-state index in [9.17, 15) is 0 Å². The molecule has 0 saturated heterocycles. The van der Waals surface area contributed by atoms with Crippen molar-refractivity contribution in [3.05, 3.63) is 53.1 Å². The number of guanidine groups is 1. The minimum absolute atomic E-state index is 0. The van der Waals surface area contributed by atoms with Crippen LogP contribution in [0.3, 0.4) is 0 Å². The van der Waals surface area contributed by atoms with E-state index in [1.54, 1.807) is 21.3 Å². The van der Waals surface area contributed by atoms with Crippen LogP contribution in [0.15, 0.2) is 41.4 Å². The zero-order valence-electron chi connectivity index (χ0n) is 16.8. The summed E-state index contributed by atoms with van der Waals surface area (Å²) in [5.74, 6) is 3.29. The summed E-state index contributed by atoms with van der Waals surface area (Å²) in [5, 5.41) is 3.45. The topological polar surface area (TPSA) is 55.3 Å². The van der Waals surface area contributed by atoms with E-state index in [-0.39, 0.29) is 24.0 Å². The monoisotopic (exact) mass is 497 g/mol. The normalized spacial score (nSPS) is 13.3. The van der Waals surface area contributed by atoms with E-state index >= 15 is 0 Å². The molecule has 1 aliphatic rings. The molecule has 3 rings (SSSR count). The highest BCUT2D eigenvalue weighted by Crippen LogP contribution is 2.33. The fraction of sp³-hybridized carbons (Fsp3) is 0.381. The van der Waals surface area contributed by atoms with Gasteiger partial charge in [0.1, 0.15) is 5.75 Å². The molecule has 28 heavy (non-hydrogen) atoms. The summed E-state index contributed by atoms with van der Waals surface area (Å²) in [4.78, 5) is 6.72. The van der Waals surface area contributed by atoms with Crippen molar-refractivity contribution in [2.24, 2.45) is 4.99 Å². The third-order valence-electron chi connectivity index (χ3n) is 4.81.